The van der Waals surface area contributed by atoms with E-state index in [0.29, 0.717) is 17.8 Å². The van der Waals surface area contributed by atoms with Crippen molar-refractivity contribution in [1.82, 2.24) is 10.2 Å². The number of nitrogens with zero attached hydrogens (tertiary/aromatic N) is 2. The highest BCUT2D eigenvalue weighted by Crippen LogP contribution is 2.31. The van der Waals surface area contributed by atoms with Crippen molar-refractivity contribution in [2.24, 2.45) is 0 Å². The van der Waals surface area contributed by atoms with Crippen molar-refractivity contribution in [3.63, 3.8) is 0 Å². The minimum absolute atomic E-state index is 0.465. The lowest BCUT2D eigenvalue weighted by molar-refractivity contribution is 0.391. The Hall–Kier alpha value is -3.62. The molecule has 4 rings (SSSR count). The second-order valence-electron chi connectivity index (χ2n) is 8.07. The number of methoxy groups -OCH3 is 2. The number of nitrogens with one attached hydrogen (secondary N) is 1. The van der Waals surface area contributed by atoms with E-state index in [2.05, 4.69) is 28.5 Å². The normalized spacial score (nSPS) is 10.9. The van der Waals surface area contributed by atoms with Gasteiger partial charge >= 0.3 is 7.12 Å². The summed E-state index contributed by atoms with van der Waals surface area (Å²) in [6.45, 7) is 4.53. The van der Waals surface area contributed by atoms with Crippen LogP contribution in [0.5, 0.6) is 11.5 Å². The first-order valence-corrected chi connectivity index (χ1v) is 11.2. The first-order chi connectivity index (χ1) is 16.4. The van der Waals surface area contributed by atoms with Crippen LogP contribution in [0.2, 0.25) is 0 Å². The van der Waals surface area contributed by atoms with Gasteiger partial charge in [0.15, 0.2) is 5.82 Å². The van der Waals surface area contributed by atoms with Crippen LogP contribution < -0.4 is 20.3 Å². The minimum Gasteiger partial charge on any atom is -0.497 e. The molecule has 1 aromatic heterocycles. The standard InChI is InChI=1S/C26H28BN3O4/c1-5-17-6-9-20(27(31)32)13-24(17)18-8-11-22-23(12-18)16(2)29-30-26(22)28-15-19-7-10-21(33-3)14-25(19)34-4/h6-14,31-32H,5,15H2,1-4H3,(H,28,30). The fourth-order valence-electron chi connectivity index (χ4n) is 4.09. The number of rotatable bonds is 8. The quantitative estimate of drug-likeness (QED) is 0.349. The summed E-state index contributed by atoms with van der Waals surface area (Å²) in [4.78, 5) is 0. The molecule has 0 saturated heterocycles. The molecule has 0 saturated carbocycles. The highest BCUT2D eigenvalue weighted by Gasteiger charge is 2.16. The molecule has 0 spiro atoms. The van der Waals surface area contributed by atoms with Crippen LogP contribution in [0.15, 0.2) is 54.6 Å². The molecule has 0 radical (unpaired) electrons. The SMILES string of the molecule is CCc1ccc(B(O)O)cc1-c1ccc2c(NCc3ccc(OC)cc3OC)nnc(C)c2c1. The molecule has 0 bridgehead atoms. The number of anilines is 1. The van der Waals surface area contributed by atoms with Gasteiger partial charge < -0.3 is 24.8 Å². The average Bonchev–Trinajstić information content (AvgIpc) is 2.87. The maximum atomic E-state index is 9.64. The van der Waals surface area contributed by atoms with Gasteiger partial charge in [-0.25, -0.2) is 0 Å². The first-order valence-electron chi connectivity index (χ1n) is 11.2. The second kappa shape index (κ2) is 10.1. The molecule has 7 nitrogen and oxygen atoms in total. The van der Waals surface area contributed by atoms with Crippen LogP contribution in [-0.4, -0.2) is 41.6 Å². The lowest BCUT2D eigenvalue weighted by atomic mass is 9.78. The summed E-state index contributed by atoms with van der Waals surface area (Å²) in [5.74, 6) is 2.15. The smallest absolute Gasteiger partial charge is 0.488 e. The van der Waals surface area contributed by atoms with Gasteiger partial charge in [-0.1, -0.05) is 31.2 Å². The Morgan fingerprint density at radius 3 is 2.38 bits per heavy atom. The van der Waals surface area contributed by atoms with E-state index in [1.807, 2.05) is 49.4 Å². The zero-order chi connectivity index (χ0) is 24.2. The number of fused-ring (bicyclic) bond motifs is 1. The Morgan fingerprint density at radius 1 is 0.882 bits per heavy atom. The second-order valence-corrected chi connectivity index (χ2v) is 8.07. The van der Waals surface area contributed by atoms with E-state index >= 15 is 0 Å². The monoisotopic (exact) mass is 457 g/mol. The summed E-state index contributed by atoms with van der Waals surface area (Å²) in [6.07, 6.45) is 0.833. The van der Waals surface area contributed by atoms with Crippen LogP contribution in [0.4, 0.5) is 5.82 Å². The van der Waals surface area contributed by atoms with Gasteiger partial charge in [0.05, 0.1) is 19.9 Å². The molecule has 0 fully saturated rings. The van der Waals surface area contributed by atoms with Crippen LogP contribution in [0.25, 0.3) is 21.9 Å². The molecule has 0 unspecified atom stereocenters. The molecule has 1 heterocycles. The van der Waals surface area contributed by atoms with Gasteiger partial charge in [-0.05, 0) is 59.8 Å². The first kappa shape index (κ1) is 23.5. The number of ether oxygens (including phenoxy) is 2. The summed E-state index contributed by atoms with van der Waals surface area (Å²) < 4.78 is 10.8. The fraction of sp³-hybridized carbons (Fsp3) is 0.231. The molecular formula is C26H28BN3O4. The molecule has 34 heavy (non-hydrogen) atoms. The molecule has 3 aromatic carbocycles. The lowest BCUT2D eigenvalue weighted by Crippen LogP contribution is -2.29. The lowest BCUT2D eigenvalue weighted by Gasteiger charge is -2.15. The molecule has 3 N–H and O–H groups in total. The van der Waals surface area contributed by atoms with Crippen LogP contribution >= 0.6 is 0 Å². The van der Waals surface area contributed by atoms with Crippen molar-refractivity contribution in [2.45, 2.75) is 26.8 Å². The highest BCUT2D eigenvalue weighted by molar-refractivity contribution is 6.58. The topological polar surface area (TPSA) is 96.7 Å². The van der Waals surface area contributed by atoms with E-state index in [-0.39, 0.29) is 0 Å². The highest BCUT2D eigenvalue weighted by atomic mass is 16.5. The zero-order valence-electron chi connectivity index (χ0n) is 19.8. The van der Waals surface area contributed by atoms with E-state index in [1.165, 1.54) is 0 Å². The Balaban J connectivity index is 1.70. The van der Waals surface area contributed by atoms with Gasteiger partial charge in [0.1, 0.15) is 11.5 Å². The number of hydrogen-bond acceptors (Lipinski definition) is 7. The third-order valence-corrected chi connectivity index (χ3v) is 6.03. The van der Waals surface area contributed by atoms with Gasteiger partial charge in [-0.2, -0.15) is 5.10 Å². The Bertz CT molecular complexity index is 1330. The maximum absolute atomic E-state index is 9.64. The van der Waals surface area contributed by atoms with Crippen molar-refractivity contribution in [3.05, 3.63) is 71.4 Å². The van der Waals surface area contributed by atoms with Crippen molar-refractivity contribution in [1.29, 1.82) is 0 Å². The van der Waals surface area contributed by atoms with E-state index in [9.17, 15) is 10.0 Å². The van der Waals surface area contributed by atoms with Gasteiger partial charge in [0.2, 0.25) is 0 Å². The summed E-state index contributed by atoms with van der Waals surface area (Å²) in [7, 11) is 1.75. The minimum atomic E-state index is -1.51. The zero-order valence-corrected chi connectivity index (χ0v) is 19.8. The summed E-state index contributed by atoms with van der Waals surface area (Å²) in [5, 5.41) is 33.4. The van der Waals surface area contributed by atoms with Gasteiger partial charge in [-0.3, -0.25) is 0 Å². The molecule has 8 heteroatoms. The van der Waals surface area contributed by atoms with Crippen LogP contribution in [0.3, 0.4) is 0 Å². The van der Waals surface area contributed by atoms with Crippen LogP contribution in [-0.2, 0) is 13.0 Å². The van der Waals surface area contributed by atoms with Crippen molar-refractivity contribution in [2.75, 3.05) is 19.5 Å². The molecule has 4 aromatic rings. The van der Waals surface area contributed by atoms with Gasteiger partial charge in [-0.15, -0.1) is 5.10 Å². The molecule has 0 atom stereocenters. The van der Waals surface area contributed by atoms with E-state index in [4.69, 9.17) is 9.47 Å². The van der Waals surface area contributed by atoms with Crippen LogP contribution in [0, 0.1) is 6.92 Å². The number of aromatic nitrogens is 2. The van der Waals surface area contributed by atoms with Crippen molar-refractivity contribution in [3.8, 4) is 22.6 Å². The molecule has 0 amide bonds. The largest absolute Gasteiger partial charge is 0.497 e. The predicted octanol–water partition coefficient (Wildman–Crippen LogP) is 3.48. The Morgan fingerprint density at radius 2 is 1.68 bits per heavy atom. The van der Waals surface area contributed by atoms with Crippen LogP contribution in [0.1, 0.15) is 23.7 Å². The fourth-order valence-corrected chi connectivity index (χ4v) is 4.09. The summed E-state index contributed by atoms with van der Waals surface area (Å²) in [6, 6.07) is 17.4. The van der Waals surface area contributed by atoms with E-state index < -0.39 is 7.12 Å². The molecule has 0 aliphatic heterocycles. The number of benzene rings is 3. The van der Waals surface area contributed by atoms with Crippen molar-refractivity contribution >= 4 is 29.2 Å². The summed E-state index contributed by atoms with van der Waals surface area (Å²) >= 11 is 0. The molecule has 0 aliphatic rings. The van der Waals surface area contributed by atoms with Crippen molar-refractivity contribution < 1.29 is 19.5 Å². The third kappa shape index (κ3) is 4.69. The van der Waals surface area contributed by atoms with E-state index in [0.717, 1.165) is 56.6 Å². The Kier molecular flexibility index (Phi) is 7.00. The number of hydrogen-bond donors (Lipinski definition) is 3. The molecule has 0 aliphatic carbocycles. The average molecular weight is 457 g/mol. The summed E-state index contributed by atoms with van der Waals surface area (Å²) in [5.41, 5.74) is 5.36. The predicted molar refractivity (Wildman–Crippen MR) is 136 cm³/mol. The van der Waals surface area contributed by atoms with E-state index in [1.54, 1.807) is 20.3 Å². The third-order valence-electron chi connectivity index (χ3n) is 6.03. The van der Waals surface area contributed by atoms with Gasteiger partial charge in [0.25, 0.3) is 0 Å². The maximum Gasteiger partial charge on any atom is 0.488 e. The molecule has 174 valence electrons. The Labute approximate surface area is 199 Å². The number of aryl methyl sites for hydroxylation is 2. The van der Waals surface area contributed by atoms with Gasteiger partial charge in [0, 0.05) is 28.9 Å². The molecular weight excluding hydrogens is 429 g/mol.